The zero-order chi connectivity index (χ0) is 10.0. The van der Waals surface area contributed by atoms with Crippen molar-refractivity contribution in [3.8, 4) is 0 Å². The molecular weight excluding hydrogens is 176 g/mol. The van der Waals surface area contributed by atoms with Crippen molar-refractivity contribution in [2.45, 2.75) is 45.8 Å². The first kappa shape index (κ1) is 10.2. The molecule has 1 saturated heterocycles. The van der Waals surface area contributed by atoms with Crippen molar-refractivity contribution in [1.82, 2.24) is 0 Å². The summed E-state index contributed by atoms with van der Waals surface area (Å²) in [5.74, 6) is 0. The van der Waals surface area contributed by atoms with E-state index in [2.05, 4.69) is 19.9 Å². The van der Waals surface area contributed by atoms with Crippen LogP contribution in [-0.2, 0) is 9.47 Å². The van der Waals surface area contributed by atoms with Crippen LogP contribution in [0.3, 0.4) is 0 Å². The Morgan fingerprint density at radius 3 is 2.64 bits per heavy atom. The standard InChI is InChI=1S/C12H20O2/c1-12(2)5-3-4-10(9-12)8-11-13-6-7-14-11/h8,11H,3-7,9H2,1-2H3. The molecule has 1 aliphatic heterocycles. The van der Waals surface area contributed by atoms with Crippen molar-refractivity contribution in [1.29, 1.82) is 0 Å². The summed E-state index contributed by atoms with van der Waals surface area (Å²) in [4.78, 5) is 0. The Kier molecular flexibility index (Phi) is 2.93. The smallest absolute Gasteiger partial charge is 0.177 e. The van der Waals surface area contributed by atoms with Gasteiger partial charge in [-0.2, -0.15) is 0 Å². The highest BCUT2D eigenvalue weighted by atomic mass is 16.7. The van der Waals surface area contributed by atoms with Crippen molar-refractivity contribution in [2.24, 2.45) is 5.41 Å². The van der Waals surface area contributed by atoms with Gasteiger partial charge in [0, 0.05) is 0 Å². The summed E-state index contributed by atoms with van der Waals surface area (Å²) in [5, 5.41) is 0. The lowest BCUT2D eigenvalue weighted by Gasteiger charge is -2.31. The molecule has 0 bridgehead atoms. The molecule has 0 N–H and O–H groups in total. The van der Waals surface area contributed by atoms with Crippen LogP contribution in [0.4, 0.5) is 0 Å². The Hall–Kier alpha value is -0.340. The quantitative estimate of drug-likeness (QED) is 0.600. The minimum absolute atomic E-state index is 0.0566. The van der Waals surface area contributed by atoms with Gasteiger partial charge in [0.25, 0.3) is 0 Å². The molecular formula is C12H20O2. The summed E-state index contributed by atoms with van der Waals surface area (Å²) in [5.41, 5.74) is 2.00. The minimum Gasteiger partial charge on any atom is -0.347 e. The molecule has 2 heteroatoms. The normalized spacial score (nSPS) is 31.1. The molecule has 1 saturated carbocycles. The summed E-state index contributed by atoms with van der Waals surface area (Å²) in [6.07, 6.45) is 7.22. The van der Waals surface area contributed by atoms with Gasteiger partial charge in [-0.1, -0.05) is 19.4 Å². The molecule has 0 aromatic rings. The molecule has 1 aliphatic carbocycles. The maximum atomic E-state index is 5.43. The van der Waals surface area contributed by atoms with E-state index in [1.54, 1.807) is 0 Å². The molecule has 80 valence electrons. The highest BCUT2D eigenvalue weighted by Gasteiger charge is 2.25. The number of allylic oxidation sites excluding steroid dienone is 1. The van der Waals surface area contributed by atoms with Gasteiger partial charge in [-0.25, -0.2) is 0 Å². The van der Waals surface area contributed by atoms with Crippen molar-refractivity contribution >= 4 is 0 Å². The van der Waals surface area contributed by atoms with Crippen LogP contribution in [0.5, 0.6) is 0 Å². The predicted octanol–water partition coefficient (Wildman–Crippen LogP) is 2.89. The Labute approximate surface area is 86.3 Å². The highest BCUT2D eigenvalue weighted by Crippen LogP contribution is 2.38. The van der Waals surface area contributed by atoms with Gasteiger partial charge in [-0.3, -0.25) is 0 Å². The van der Waals surface area contributed by atoms with Gasteiger partial charge < -0.3 is 9.47 Å². The van der Waals surface area contributed by atoms with E-state index in [-0.39, 0.29) is 6.29 Å². The Morgan fingerprint density at radius 2 is 2.00 bits per heavy atom. The molecule has 2 nitrogen and oxygen atoms in total. The van der Waals surface area contributed by atoms with Gasteiger partial charge in [0.15, 0.2) is 6.29 Å². The van der Waals surface area contributed by atoms with Gasteiger partial charge in [0.1, 0.15) is 0 Å². The van der Waals surface area contributed by atoms with Crippen LogP contribution in [0.25, 0.3) is 0 Å². The Bertz CT molecular complexity index is 224. The number of hydrogen-bond acceptors (Lipinski definition) is 2. The molecule has 2 aliphatic rings. The van der Waals surface area contributed by atoms with E-state index < -0.39 is 0 Å². The third kappa shape index (κ3) is 2.58. The van der Waals surface area contributed by atoms with Crippen LogP contribution < -0.4 is 0 Å². The van der Waals surface area contributed by atoms with E-state index >= 15 is 0 Å². The topological polar surface area (TPSA) is 18.5 Å². The molecule has 0 unspecified atom stereocenters. The lowest BCUT2D eigenvalue weighted by molar-refractivity contribution is -0.00279. The number of ether oxygens (including phenoxy) is 2. The largest absolute Gasteiger partial charge is 0.347 e. The Balaban J connectivity index is 1.95. The minimum atomic E-state index is -0.0566. The zero-order valence-corrected chi connectivity index (χ0v) is 9.21. The van der Waals surface area contributed by atoms with E-state index in [1.165, 1.54) is 31.3 Å². The fraction of sp³-hybridized carbons (Fsp3) is 0.833. The van der Waals surface area contributed by atoms with Crippen LogP contribution in [0.15, 0.2) is 11.6 Å². The maximum Gasteiger partial charge on any atom is 0.177 e. The van der Waals surface area contributed by atoms with Crippen LogP contribution >= 0.6 is 0 Å². The second-order valence-electron chi connectivity index (χ2n) is 5.13. The van der Waals surface area contributed by atoms with Crippen LogP contribution in [-0.4, -0.2) is 19.5 Å². The van der Waals surface area contributed by atoms with E-state index in [1.807, 2.05) is 0 Å². The van der Waals surface area contributed by atoms with Crippen molar-refractivity contribution in [3.63, 3.8) is 0 Å². The zero-order valence-electron chi connectivity index (χ0n) is 9.21. The van der Waals surface area contributed by atoms with E-state index in [9.17, 15) is 0 Å². The van der Waals surface area contributed by atoms with Gasteiger partial charge in [0.2, 0.25) is 0 Å². The first-order valence-electron chi connectivity index (χ1n) is 5.58. The monoisotopic (exact) mass is 196 g/mol. The number of rotatable bonds is 1. The fourth-order valence-electron chi connectivity index (χ4n) is 2.39. The highest BCUT2D eigenvalue weighted by molar-refractivity contribution is 5.09. The van der Waals surface area contributed by atoms with Crippen LogP contribution in [0.2, 0.25) is 0 Å². The first-order valence-corrected chi connectivity index (χ1v) is 5.58. The molecule has 2 rings (SSSR count). The molecule has 1 heterocycles. The maximum absolute atomic E-state index is 5.43. The van der Waals surface area contributed by atoms with Gasteiger partial charge in [-0.05, 0) is 37.2 Å². The summed E-state index contributed by atoms with van der Waals surface area (Å²) < 4.78 is 10.9. The molecule has 0 atom stereocenters. The molecule has 0 aromatic carbocycles. The fourth-order valence-corrected chi connectivity index (χ4v) is 2.39. The summed E-state index contributed by atoms with van der Waals surface area (Å²) in [6, 6.07) is 0. The number of hydrogen-bond donors (Lipinski definition) is 0. The molecule has 0 amide bonds. The lowest BCUT2D eigenvalue weighted by Crippen LogP contribution is -2.18. The molecule has 0 aromatic heterocycles. The molecule has 14 heavy (non-hydrogen) atoms. The lowest BCUT2D eigenvalue weighted by atomic mass is 9.75. The van der Waals surface area contributed by atoms with Gasteiger partial charge in [-0.15, -0.1) is 0 Å². The van der Waals surface area contributed by atoms with E-state index in [0.717, 1.165) is 13.2 Å². The van der Waals surface area contributed by atoms with Crippen LogP contribution in [0, 0.1) is 5.41 Å². The predicted molar refractivity (Wildman–Crippen MR) is 56.0 cm³/mol. The summed E-state index contributed by atoms with van der Waals surface area (Å²) >= 11 is 0. The second kappa shape index (κ2) is 4.03. The molecule has 0 radical (unpaired) electrons. The first-order chi connectivity index (χ1) is 6.66. The summed E-state index contributed by atoms with van der Waals surface area (Å²) in [7, 11) is 0. The van der Waals surface area contributed by atoms with Crippen molar-refractivity contribution in [3.05, 3.63) is 11.6 Å². The molecule has 2 fully saturated rings. The van der Waals surface area contributed by atoms with E-state index in [0.29, 0.717) is 5.41 Å². The molecule has 0 spiro atoms. The van der Waals surface area contributed by atoms with Crippen molar-refractivity contribution in [2.75, 3.05) is 13.2 Å². The summed E-state index contributed by atoms with van der Waals surface area (Å²) in [6.45, 7) is 6.18. The average Bonchev–Trinajstić information content (AvgIpc) is 2.54. The van der Waals surface area contributed by atoms with E-state index in [4.69, 9.17) is 9.47 Å². The SMILES string of the molecule is CC1(C)CCCC(=CC2OCCO2)C1. The Morgan fingerprint density at radius 1 is 1.29 bits per heavy atom. The second-order valence-corrected chi connectivity index (χ2v) is 5.13. The van der Waals surface area contributed by atoms with Crippen molar-refractivity contribution < 1.29 is 9.47 Å². The third-order valence-corrected chi connectivity index (χ3v) is 3.08. The average molecular weight is 196 g/mol. The third-order valence-electron chi connectivity index (χ3n) is 3.08. The van der Waals surface area contributed by atoms with Gasteiger partial charge in [0.05, 0.1) is 13.2 Å². The van der Waals surface area contributed by atoms with Gasteiger partial charge >= 0.3 is 0 Å². The van der Waals surface area contributed by atoms with Crippen LogP contribution in [0.1, 0.15) is 39.5 Å².